The molecule has 0 radical (unpaired) electrons. The molecule has 0 fully saturated rings. The second-order valence-corrected chi connectivity index (χ2v) is 7.42. The summed E-state index contributed by atoms with van der Waals surface area (Å²) in [6.07, 6.45) is -3.40. The molecule has 0 aliphatic carbocycles. The zero-order valence-corrected chi connectivity index (χ0v) is 17.5. The first-order chi connectivity index (χ1) is 13.5. The summed E-state index contributed by atoms with van der Waals surface area (Å²) in [6, 6.07) is 4.18. The number of nitrogens with one attached hydrogen (secondary N) is 1. The van der Waals surface area contributed by atoms with Crippen LogP contribution in [0.3, 0.4) is 0 Å². The number of hydrogen-bond acceptors (Lipinski definition) is 3. The summed E-state index contributed by atoms with van der Waals surface area (Å²) in [5.74, 6) is -1.64. The number of carbonyl (C=O) groups excluding carboxylic acids is 1. The van der Waals surface area contributed by atoms with Gasteiger partial charge in [0.25, 0.3) is 5.91 Å². The molecule has 154 valence electrons. The number of nitrogens with zero attached hydrogens (tertiary/aromatic N) is 4. The Morgan fingerprint density at radius 1 is 1.24 bits per heavy atom. The fraction of sp³-hybridized carbons (Fsp3) is 0.188. The molecule has 0 saturated carbocycles. The van der Waals surface area contributed by atoms with Gasteiger partial charge in [0.2, 0.25) is 0 Å². The minimum atomic E-state index is -4.71. The quantitative estimate of drug-likeness (QED) is 0.490. The first-order valence-corrected chi connectivity index (χ1v) is 9.30. The third-order valence-corrected chi connectivity index (χ3v) is 5.19. The van der Waals surface area contributed by atoms with Crippen molar-refractivity contribution in [1.29, 1.82) is 0 Å². The average molecular weight is 515 g/mol. The number of rotatable bonds is 4. The Balaban J connectivity index is 1.84. The average Bonchev–Trinajstić information content (AvgIpc) is 3.09. The highest BCUT2D eigenvalue weighted by Gasteiger charge is 2.39. The van der Waals surface area contributed by atoms with Crippen LogP contribution in [0.2, 0.25) is 10.0 Å². The van der Waals surface area contributed by atoms with E-state index in [1.165, 1.54) is 29.1 Å². The van der Waals surface area contributed by atoms with Crippen molar-refractivity contribution in [3.8, 4) is 0 Å². The molecule has 1 amide bonds. The van der Waals surface area contributed by atoms with E-state index in [0.717, 1.165) is 7.05 Å². The van der Waals surface area contributed by atoms with Gasteiger partial charge in [0.1, 0.15) is 10.8 Å². The summed E-state index contributed by atoms with van der Waals surface area (Å²) in [5.41, 5.74) is -1.45. The van der Waals surface area contributed by atoms with Gasteiger partial charge >= 0.3 is 6.18 Å². The maximum Gasteiger partial charge on any atom is 0.434 e. The third-order valence-electron chi connectivity index (χ3n) is 3.80. The Labute approximate surface area is 179 Å². The van der Waals surface area contributed by atoms with Crippen molar-refractivity contribution >= 4 is 50.9 Å². The molecule has 3 rings (SSSR count). The van der Waals surface area contributed by atoms with Gasteiger partial charge in [-0.25, -0.2) is 4.39 Å². The number of amides is 1. The molecule has 0 bridgehead atoms. The molecule has 0 aliphatic heterocycles. The summed E-state index contributed by atoms with van der Waals surface area (Å²) in [4.78, 5) is 12.4. The van der Waals surface area contributed by atoms with Crippen molar-refractivity contribution in [2.75, 3.05) is 5.32 Å². The summed E-state index contributed by atoms with van der Waals surface area (Å²) < 4.78 is 54.3. The summed E-state index contributed by atoms with van der Waals surface area (Å²) >= 11 is 14.8. The lowest BCUT2D eigenvalue weighted by Gasteiger charge is -2.06. The molecule has 13 heteroatoms. The number of benzene rings is 1. The SMILES string of the molecule is Cn1nc(C(=O)Nc2nn(Cc3c(F)cccc3Cl)cc2Cl)c(Br)c1C(F)(F)F. The van der Waals surface area contributed by atoms with Crippen molar-refractivity contribution in [1.82, 2.24) is 19.6 Å². The number of aromatic nitrogens is 4. The zero-order chi connectivity index (χ0) is 21.5. The molecular weight excluding hydrogens is 505 g/mol. The minimum absolute atomic E-state index is 0.00564. The molecule has 1 N–H and O–H groups in total. The lowest BCUT2D eigenvalue weighted by Crippen LogP contribution is -2.15. The number of anilines is 1. The van der Waals surface area contributed by atoms with Gasteiger partial charge in [0.15, 0.2) is 17.2 Å². The van der Waals surface area contributed by atoms with Crippen LogP contribution in [0.5, 0.6) is 0 Å². The first kappa shape index (κ1) is 21.6. The topological polar surface area (TPSA) is 64.7 Å². The lowest BCUT2D eigenvalue weighted by molar-refractivity contribution is -0.144. The van der Waals surface area contributed by atoms with Crippen LogP contribution in [0.25, 0.3) is 0 Å². The highest BCUT2D eigenvalue weighted by molar-refractivity contribution is 9.10. The molecule has 3 aromatic rings. The highest BCUT2D eigenvalue weighted by Crippen LogP contribution is 2.36. The van der Waals surface area contributed by atoms with Crippen molar-refractivity contribution in [2.45, 2.75) is 12.7 Å². The van der Waals surface area contributed by atoms with Gasteiger partial charge < -0.3 is 5.32 Å². The van der Waals surface area contributed by atoms with Crippen molar-refractivity contribution < 1.29 is 22.4 Å². The Hall–Kier alpha value is -2.11. The third kappa shape index (κ3) is 4.41. The minimum Gasteiger partial charge on any atom is -0.302 e. The molecule has 0 aliphatic rings. The molecule has 29 heavy (non-hydrogen) atoms. The van der Waals surface area contributed by atoms with Crippen LogP contribution in [0, 0.1) is 5.82 Å². The predicted molar refractivity (Wildman–Crippen MR) is 102 cm³/mol. The summed E-state index contributed by atoms with van der Waals surface area (Å²) in [5, 5.41) is 10.1. The maximum atomic E-state index is 13.9. The van der Waals surface area contributed by atoms with E-state index in [4.69, 9.17) is 23.2 Å². The van der Waals surface area contributed by atoms with E-state index in [2.05, 4.69) is 31.4 Å². The Morgan fingerprint density at radius 3 is 2.52 bits per heavy atom. The number of alkyl halides is 3. The molecule has 6 nitrogen and oxygen atoms in total. The van der Waals surface area contributed by atoms with Crippen LogP contribution in [0.4, 0.5) is 23.4 Å². The standard InChI is InChI=1S/C16H10BrCl2F4N5O/c1-27-13(16(21,22)23)11(17)12(25-27)15(29)24-14-9(19)6-28(26-14)5-7-8(18)3-2-4-10(7)20/h2-4,6H,5H2,1H3,(H,24,26,29). The molecule has 0 saturated heterocycles. The highest BCUT2D eigenvalue weighted by atomic mass is 79.9. The van der Waals surface area contributed by atoms with E-state index >= 15 is 0 Å². The molecular formula is C16H10BrCl2F4N5O. The molecule has 0 spiro atoms. The largest absolute Gasteiger partial charge is 0.434 e. The van der Waals surface area contributed by atoms with E-state index in [0.29, 0.717) is 4.68 Å². The smallest absolute Gasteiger partial charge is 0.302 e. The Morgan fingerprint density at radius 2 is 1.93 bits per heavy atom. The number of halogens is 7. The summed E-state index contributed by atoms with van der Waals surface area (Å²) in [7, 11) is 1.06. The Bertz CT molecular complexity index is 1080. The van der Waals surface area contributed by atoms with Crippen LogP contribution in [0.1, 0.15) is 21.7 Å². The Kier molecular flexibility index (Phi) is 5.93. The molecule has 0 unspecified atom stereocenters. The normalized spacial score (nSPS) is 11.7. The van der Waals surface area contributed by atoms with Gasteiger partial charge in [-0.3, -0.25) is 14.2 Å². The van der Waals surface area contributed by atoms with Gasteiger partial charge in [-0.15, -0.1) is 0 Å². The second-order valence-electron chi connectivity index (χ2n) is 5.81. The molecule has 1 aromatic carbocycles. The van der Waals surface area contributed by atoms with Crippen molar-refractivity contribution in [3.63, 3.8) is 0 Å². The monoisotopic (exact) mass is 513 g/mol. The zero-order valence-electron chi connectivity index (χ0n) is 14.4. The van der Waals surface area contributed by atoms with E-state index in [1.807, 2.05) is 0 Å². The maximum absolute atomic E-state index is 13.9. The van der Waals surface area contributed by atoms with Gasteiger partial charge in [-0.1, -0.05) is 29.3 Å². The fourth-order valence-electron chi connectivity index (χ4n) is 2.53. The second kappa shape index (κ2) is 7.96. The molecule has 2 heterocycles. The van der Waals surface area contributed by atoms with Crippen LogP contribution in [-0.2, 0) is 19.8 Å². The van der Waals surface area contributed by atoms with Crippen LogP contribution in [-0.4, -0.2) is 25.5 Å². The van der Waals surface area contributed by atoms with Gasteiger partial charge in [0.05, 0.1) is 11.0 Å². The summed E-state index contributed by atoms with van der Waals surface area (Å²) in [6.45, 7) is -0.0768. The number of hydrogen-bond donors (Lipinski definition) is 1. The van der Waals surface area contributed by atoms with E-state index in [-0.39, 0.29) is 28.0 Å². The van der Waals surface area contributed by atoms with E-state index in [9.17, 15) is 22.4 Å². The van der Waals surface area contributed by atoms with Gasteiger partial charge in [-0.05, 0) is 28.1 Å². The van der Waals surface area contributed by atoms with Gasteiger partial charge in [0, 0.05) is 23.8 Å². The van der Waals surface area contributed by atoms with Crippen molar-refractivity contribution in [3.05, 3.63) is 61.7 Å². The van der Waals surface area contributed by atoms with E-state index in [1.54, 1.807) is 0 Å². The van der Waals surface area contributed by atoms with Gasteiger partial charge in [-0.2, -0.15) is 23.4 Å². The molecule has 2 aromatic heterocycles. The first-order valence-electron chi connectivity index (χ1n) is 7.76. The van der Waals surface area contributed by atoms with Crippen molar-refractivity contribution in [2.24, 2.45) is 7.05 Å². The number of aryl methyl sites for hydroxylation is 1. The van der Waals surface area contributed by atoms with Crippen LogP contribution in [0.15, 0.2) is 28.9 Å². The number of carbonyl (C=O) groups is 1. The lowest BCUT2D eigenvalue weighted by atomic mass is 10.2. The predicted octanol–water partition coefficient (Wildman–Crippen LogP) is 5.14. The van der Waals surface area contributed by atoms with E-state index < -0.39 is 33.8 Å². The van der Waals surface area contributed by atoms with Crippen LogP contribution < -0.4 is 5.32 Å². The van der Waals surface area contributed by atoms with Crippen LogP contribution >= 0.6 is 39.1 Å². The fourth-order valence-corrected chi connectivity index (χ4v) is 3.69. The molecule has 0 atom stereocenters.